The maximum absolute atomic E-state index is 12.4. The van der Waals surface area contributed by atoms with Gasteiger partial charge in [-0.25, -0.2) is 0 Å². The zero-order valence-electron chi connectivity index (χ0n) is 13.8. The number of nitrogens with one attached hydrogen (secondary N) is 1. The molecule has 4 rings (SSSR count). The highest BCUT2D eigenvalue weighted by Gasteiger charge is 2.35. The molecule has 6 heteroatoms. The Hall–Kier alpha value is -2.08. The number of hydrogen-bond donors (Lipinski definition) is 1. The number of fused-ring (bicyclic) bond motifs is 1. The monoisotopic (exact) mass is 402 g/mol. The summed E-state index contributed by atoms with van der Waals surface area (Å²) in [6, 6.07) is 9.42. The van der Waals surface area contributed by atoms with Crippen LogP contribution in [0.2, 0.25) is 0 Å². The lowest BCUT2D eigenvalue weighted by atomic mass is 9.98. The Labute approximate surface area is 154 Å². The molecule has 2 aromatic rings. The van der Waals surface area contributed by atoms with Crippen LogP contribution in [-0.4, -0.2) is 18.4 Å². The van der Waals surface area contributed by atoms with Crippen molar-refractivity contribution in [2.75, 3.05) is 11.4 Å². The zero-order chi connectivity index (χ0) is 17.4. The Balaban J connectivity index is 1.45. The van der Waals surface area contributed by atoms with E-state index in [-0.39, 0.29) is 23.5 Å². The van der Waals surface area contributed by atoms with Crippen molar-refractivity contribution in [2.45, 2.75) is 32.2 Å². The van der Waals surface area contributed by atoms with Gasteiger partial charge >= 0.3 is 0 Å². The molecular formula is C19H19BrN2O3. The first-order chi connectivity index (χ1) is 12.1. The fraction of sp³-hybridized carbons (Fsp3) is 0.368. The predicted molar refractivity (Wildman–Crippen MR) is 97.4 cm³/mol. The highest BCUT2D eigenvalue weighted by atomic mass is 79.9. The zero-order valence-corrected chi connectivity index (χ0v) is 15.3. The smallest absolute Gasteiger partial charge is 0.287 e. The van der Waals surface area contributed by atoms with Gasteiger partial charge in [-0.2, -0.15) is 0 Å². The van der Waals surface area contributed by atoms with E-state index in [2.05, 4.69) is 27.3 Å². The highest BCUT2D eigenvalue weighted by molar-refractivity contribution is 9.10. The summed E-state index contributed by atoms with van der Waals surface area (Å²) in [6.45, 7) is 1.24. The summed E-state index contributed by atoms with van der Waals surface area (Å²) >= 11 is 3.19. The highest BCUT2D eigenvalue weighted by Crippen LogP contribution is 2.36. The van der Waals surface area contributed by atoms with Crippen LogP contribution in [0.3, 0.4) is 0 Å². The third-order valence-electron chi connectivity index (χ3n) is 4.71. The molecule has 130 valence electrons. The summed E-state index contributed by atoms with van der Waals surface area (Å²) in [4.78, 5) is 26.4. The van der Waals surface area contributed by atoms with E-state index < -0.39 is 0 Å². The van der Waals surface area contributed by atoms with Gasteiger partial charge in [-0.15, -0.1) is 0 Å². The minimum absolute atomic E-state index is 0.234. The Morgan fingerprint density at radius 1 is 1.24 bits per heavy atom. The van der Waals surface area contributed by atoms with Crippen LogP contribution < -0.4 is 10.2 Å². The largest absolute Gasteiger partial charge is 0.444 e. The topological polar surface area (TPSA) is 62.6 Å². The number of carbonyl (C=O) groups is 2. The van der Waals surface area contributed by atoms with Crippen molar-refractivity contribution in [3.63, 3.8) is 0 Å². The number of hydrogen-bond acceptors (Lipinski definition) is 3. The van der Waals surface area contributed by atoms with Crippen molar-refractivity contribution in [1.29, 1.82) is 0 Å². The molecule has 1 saturated carbocycles. The first kappa shape index (κ1) is 16.4. The number of carbonyl (C=O) groups excluding carboxylic acids is 2. The predicted octanol–water partition coefficient (Wildman–Crippen LogP) is 3.66. The first-order valence-corrected chi connectivity index (χ1v) is 9.38. The van der Waals surface area contributed by atoms with Gasteiger partial charge < -0.3 is 14.6 Å². The standard InChI is InChI=1S/C19H19BrN2O3/c20-17-8-7-16(25-17)18(23)21-11-12-3-6-15-14(10-12)2-1-9-22(15)19(24)13-4-5-13/h3,6-8,10,13H,1-2,4-5,9,11H2,(H,21,23). The lowest BCUT2D eigenvalue weighted by Crippen LogP contribution is -2.36. The van der Waals surface area contributed by atoms with Crippen LogP contribution in [0.4, 0.5) is 5.69 Å². The molecular weight excluding hydrogens is 384 g/mol. The normalized spacial score (nSPS) is 16.4. The number of anilines is 1. The molecule has 1 aromatic heterocycles. The molecule has 0 radical (unpaired) electrons. The summed E-state index contributed by atoms with van der Waals surface area (Å²) in [5, 5.41) is 2.86. The number of halogens is 1. The second-order valence-electron chi connectivity index (χ2n) is 6.62. The minimum atomic E-state index is -0.242. The fourth-order valence-corrected chi connectivity index (χ4v) is 3.55. The molecule has 0 spiro atoms. The number of aryl methyl sites for hydroxylation is 1. The Morgan fingerprint density at radius 3 is 2.80 bits per heavy atom. The van der Waals surface area contributed by atoms with Crippen LogP contribution in [0.1, 0.15) is 40.9 Å². The van der Waals surface area contributed by atoms with Crippen molar-refractivity contribution < 1.29 is 14.0 Å². The summed E-state index contributed by atoms with van der Waals surface area (Å²) in [7, 11) is 0. The second-order valence-corrected chi connectivity index (χ2v) is 7.40. The van der Waals surface area contributed by atoms with Crippen LogP contribution in [0.15, 0.2) is 39.4 Å². The first-order valence-electron chi connectivity index (χ1n) is 8.58. The molecule has 2 heterocycles. The van der Waals surface area contributed by atoms with E-state index in [0.717, 1.165) is 43.5 Å². The lowest BCUT2D eigenvalue weighted by molar-refractivity contribution is -0.119. The quantitative estimate of drug-likeness (QED) is 0.848. The SMILES string of the molecule is O=C(NCc1ccc2c(c1)CCCN2C(=O)C1CC1)c1ccc(Br)o1. The van der Waals surface area contributed by atoms with Crippen molar-refractivity contribution in [3.8, 4) is 0 Å². The van der Waals surface area contributed by atoms with Gasteiger partial charge in [0.05, 0.1) is 0 Å². The second kappa shape index (κ2) is 6.67. The van der Waals surface area contributed by atoms with Gasteiger partial charge in [0.15, 0.2) is 10.4 Å². The molecule has 0 bridgehead atoms. The molecule has 1 aliphatic heterocycles. The van der Waals surface area contributed by atoms with Gasteiger partial charge in [-0.1, -0.05) is 12.1 Å². The van der Waals surface area contributed by atoms with Crippen LogP contribution in [-0.2, 0) is 17.8 Å². The maximum atomic E-state index is 12.4. The molecule has 1 aliphatic carbocycles. The number of nitrogens with zero attached hydrogens (tertiary/aromatic N) is 1. The summed E-state index contributed by atoms with van der Waals surface area (Å²) in [6.07, 6.45) is 4.01. The summed E-state index contributed by atoms with van der Waals surface area (Å²) in [5.41, 5.74) is 3.25. The van der Waals surface area contributed by atoms with Crippen molar-refractivity contribution in [1.82, 2.24) is 5.32 Å². The molecule has 2 aliphatic rings. The fourth-order valence-electron chi connectivity index (χ4n) is 3.25. The van der Waals surface area contributed by atoms with E-state index in [0.29, 0.717) is 11.2 Å². The maximum Gasteiger partial charge on any atom is 0.287 e. The Kier molecular flexibility index (Phi) is 4.37. The third-order valence-corrected chi connectivity index (χ3v) is 5.13. The number of amides is 2. The summed E-state index contributed by atoms with van der Waals surface area (Å²) in [5.74, 6) is 0.544. The molecule has 5 nitrogen and oxygen atoms in total. The Bertz CT molecular complexity index is 826. The van der Waals surface area contributed by atoms with Gasteiger partial charge in [0.2, 0.25) is 5.91 Å². The number of rotatable bonds is 4. The molecule has 0 unspecified atom stereocenters. The molecule has 25 heavy (non-hydrogen) atoms. The van der Waals surface area contributed by atoms with E-state index >= 15 is 0 Å². The van der Waals surface area contributed by atoms with Crippen LogP contribution in [0.25, 0.3) is 0 Å². The average molecular weight is 403 g/mol. The third kappa shape index (κ3) is 3.49. The van der Waals surface area contributed by atoms with Gasteiger partial charge in [-0.05, 0) is 70.9 Å². The van der Waals surface area contributed by atoms with Gasteiger partial charge in [0.25, 0.3) is 5.91 Å². The minimum Gasteiger partial charge on any atom is -0.444 e. The molecule has 0 saturated heterocycles. The van der Waals surface area contributed by atoms with Crippen molar-refractivity contribution in [2.24, 2.45) is 5.92 Å². The molecule has 1 aromatic carbocycles. The molecule has 1 fully saturated rings. The van der Waals surface area contributed by atoms with E-state index in [1.165, 1.54) is 5.56 Å². The lowest BCUT2D eigenvalue weighted by Gasteiger charge is -2.30. The van der Waals surface area contributed by atoms with E-state index in [1.54, 1.807) is 12.1 Å². The van der Waals surface area contributed by atoms with Gasteiger partial charge in [0.1, 0.15) is 0 Å². The molecule has 2 amide bonds. The van der Waals surface area contributed by atoms with Crippen molar-refractivity contribution >= 4 is 33.4 Å². The van der Waals surface area contributed by atoms with E-state index in [4.69, 9.17) is 4.42 Å². The van der Waals surface area contributed by atoms with Crippen molar-refractivity contribution in [3.05, 3.63) is 51.9 Å². The summed E-state index contributed by atoms with van der Waals surface area (Å²) < 4.78 is 5.79. The number of furan rings is 1. The number of benzene rings is 1. The van der Waals surface area contributed by atoms with Crippen LogP contribution in [0.5, 0.6) is 0 Å². The molecule has 1 N–H and O–H groups in total. The van der Waals surface area contributed by atoms with E-state index in [1.807, 2.05) is 17.0 Å². The van der Waals surface area contributed by atoms with Gasteiger partial charge in [0, 0.05) is 24.7 Å². The van der Waals surface area contributed by atoms with Gasteiger partial charge in [-0.3, -0.25) is 9.59 Å². The molecule has 0 atom stereocenters. The van der Waals surface area contributed by atoms with E-state index in [9.17, 15) is 9.59 Å². The van der Waals surface area contributed by atoms with Crippen LogP contribution in [0, 0.1) is 5.92 Å². The Morgan fingerprint density at radius 2 is 2.08 bits per heavy atom. The average Bonchev–Trinajstić information content (AvgIpc) is 3.39. The van der Waals surface area contributed by atoms with Crippen LogP contribution >= 0.6 is 15.9 Å².